The monoisotopic (exact) mass is 427 g/mol. The van der Waals surface area contributed by atoms with Gasteiger partial charge >= 0.3 is 0 Å². The van der Waals surface area contributed by atoms with Crippen molar-refractivity contribution in [3.63, 3.8) is 0 Å². The van der Waals surface area contributed by atoms with Crippen LogP contribution in [0.15, 0.2) is 66.7 Å². The molecule has 0 unspecified atom stereocenters. The van der Waals surface area contributed by atoms with Crippen molar-refractivity contribution in [3.05, 3.63) is 89.0 Å². The van der Waals surface area contributed by atoms with Crippen LogP contribution in [-0.4, -0.2) is 23.6 Å². The van der Waals surface area contributed by atoms with Crippen LogP contribution in [0.25, 0.3) is 0 Å². The quantitative estimate of drug-likeness (QED) is 0.595. The average Bonchev–Trinajstić information content (AvgIpc) is 3.03. The van der Waals surface area contributed by atoms with E-state index < -0.39 is 11.8 Å². The molecule has 0 saturated carbocycles. The third-order valence-corrected chi connectivity index (χ3v) is 5.19. The van der Waals surface area contributed by atoms with Gasteiger partial charge in [0, 0.05) is 23.9 Å². The summed E-state index contributed by atoms with van der Waals surface area (Å²) in [5.41, 5.74) is 3.41. The van der Waals surface area contributed by atoms with E-state index in [2.05, 4.69) is 10.6 Å². The highest BCUT2D eigenvalue weighted by Crippen LogP contribution is 2.30. The molecule has 0 bridgehead atoms. The number of anilines is 3. The minimum Gasteiger partial charge on any atom is -0.326 e. The van der Waals surface area contributed by atoms with Crippen molar-refractivity contribution in [1.82, 2.24) is 0 Å². The van der Waals surface area contributed by atoms with E-state index in [-0.39, 0.29) is 28.5 Å². The van der Waals surface area contributed by atoms with Gasteiger partial charge in [-0.1, -0.05) is 19.1 Å². The molecule has 7 nitrogen and oxygen atoms in total. The van der Waals surface area contributed by atoms with Crippen LogP contribution < -0.4 is 15.5 Å². The normalized spacial score (nSPS) is 12.5. The Hall–Kier alpha value is -4.26. The van der Waals surface area contributed by atoms with Crippen LogP contribution in [0.4, 0.5) is 17.1 Å². The van der Waals surface area contributed by atoms with Crippen molar-refractivity contribution < 1.29 is 19.2 Å². The highest BCUT2D eigenvalue weighted by Gasteiger charge is 2.37. The molecule has 4 rings (SSSR count). The number of hydrogen-bond donors (Lipinski definition) is 2. The number of carbonyl (C=O) groups is 4. The van der Waals surface area contributed by atoms with Crippen LogP contribution in [0.2, 0.25) is 0 Å². The van der Waals surface area contributed by atoms with Crippen molar-refractivity contribution >= 4 is 40.7 Å². The van der Waals surface area contributed by atoms with E-state index in [9.17, 15) is 19.2 Å². The second-order valence-electron chi connectivity index (χ2n) is 7.44. The summed E-state index contributed by atoms with van der Waals surface area (Å²) in [6.45, 7) is 3.43. The fourth-order valence-electron chi connectivity index (χ4n) is 3.59. The van der Waals surface area contributed by atoms with E-state index in [0.717, 1.165) is 16.9 Å². The van der Waals surface area contributed by atoms with Gasteiger partial charge in [0.25, 0.3) is 17.7 Å². The van der Waals surface area contributed by atoms with E-state index in [1.165, 1.54) is 25.1 Å². The minimum absolute atomic E-state index is 0.177. The fourth-order valence-corrected chi connectivity index (χ4v) is 3.59. The van der Waals surface area contributed by atoms with Gasteiger partial charge in [-0.05, 0) is 66.6 Å². The van der Waals surface area contributed by atoms with E-state index in [1.807, 2.05) is 25.1 Å². The third kappa shape index (κ3) is 4.00. The van der Waals surface area contributed by atoms with Crippen LogP contribution in [0.5, 0.6) is 0 Å². The lowest BCUT2D eigenvalue weighted by atomic mass is 10.1. The molecule has 0 radical (unpaired) electrons. The molecule has 7 heteroatoms. The Morgan fingerprint density at radius 3 is 2.22 bits per heavy atom. The first-order chi connectivity index (χ1) is 15.4. The van der Waals surface area contributed by atoms with Gasteiger partial charge in [0.2, 0.25) is 5.91 Å². The van der Waals surface area contributed by atoms with Crippen LogP contribution in [0.3, 0.4) is 0 Å². The van der Waals surface area contributed by atoms with Crippen molar-refractivity contribution in [2.45, 2.75) is 20.3 Å². The molecule has 160 valence electrons. The number of hydrogen-bond acceptors (Lipinski definition) is 4. The van der Waals surface area contributed by atoms with E-state index in [1.54, 1.807) is 30.3 Å². The molecule has 1 heterocycles. The van der Waals surface area contributed by atoms with Gasteiger partial charge in [-0.25, -0.2) is 4.90 Å². The maximum atomic E-state index is 13.0. The second-order valence-corrected chi connectivity index (χ2v) is 7.44. The van der Waals surface area contributed by atoms with E-state index in [0.29, 0.717) is 17.1 Å². The summed E-state index contributed by atoms with van der Waals surface area (Å²) < 4.78 is 0. The van der Waals surface area contributed by atoms with Crippen molar-refractivity contribution in [2.24, 2.45) is 0 Å². The molecular weight excluding hydrogens is 406 g/mol. The van der Waals surface area contributed by atoms with E-state index >= 15 is 0 Å². The minimum atomic E-state index is -0.500. The molecule has 2 N–H and O–H groups in total. The van der Waals surface area contributed by atoms with E-state index in [4.69, 9.17) is 0 Å². The van der Waals surface area contributed by atoms with Crippen LogP contribution in [0.1, 0.15) is 50.5 Å². The van der Waals surface area contributed by atoms with Gasteiger partial charge in [0.05, 0.1) is 16.8 Å². The predicted molar refractivity (Wildman–Crippen MR) is 122 cm³/mol. The molecular formula is C25H21N3O4. The standard InChI is InChI=1S/C25H21N3O4/c1-3-16-5-4-6-19(13-16)27-23(30)17-7-12-21-22(14-17)25(32)28(24(21)31)20-10-8-18(9-11-20)26-15(2)29/h4-14H,3H2,1-2H3,(H,26,29)(H,27,30). The maximum absolute atomic E-state index is 13.0. The molecule has 1 aliphatic heterocycles. The van der Waals surface area contributed by atoms with Crippen LogP contribution >= 0.6 is 0 Å². The Labute approximate surface area is 185 Å². The first-order valence-electron chi connectivity index (χ1n) is 10.2. The smallest absolute Gasteiger partial charge is 0.266 e. The maximum Gasteiger partial charge on any atom is 0.266 e. The average molecular weight is 427 g/mol. The Morgan fingerprint density at radius 1 is 0.812 bits per heavy atom. The van der Waals surface area contributed by atoms with Crippen LogP contribution in [0, 0.1) is 0 Å². The summed E-state index contributed by atoms with van der Waals surface area (Å²) in [7, 11) is 0. The molecule has 3 aromatic carbocycles. The van der Waals surface area contributed by atoms with Crippen molar-refractivity contribution in [3.8, 4) is 0 Å². The number of benzene rings is 3. The SMILES string of the molecule is CCc1cccc(NC(=O)c2ccc3c(c2)C(=O)N(c2ccc(NC(C)=O)cc2)C3=O)c1. The molecule has 0 spiro atoms. The Morgan fingerprint density at radius 2 is 1.53 bits per heavy atom. The molecule has 0 saturated heterocycles. The zero-order valence-corrected chi connectivity index (χ0v) is 17.6. The van der Waals surface area contributed by atoms with Crippen molar-refractivity contribution in [2.75, 3.05) is 15.5 Å². The summed E-state index contributed by atoms with van der Waals surface area (Å²) in [5, 5.41) is 5.47. The number of fused-ring (bicyclic) bond motifs is 1. The number of nitrogens with zero attached hydrogens (tertiary/aromatic N) is 1. The molecule has 4 amide bonds. The largest absolute Gasteiger partial charge is 0.326 e. The summed E-state index contributed by atoms with van der Waals surface area (Å²) in [5.74, 6) is -1.54. The Balaban J connectivity index is 1.57. The Kier molecular flexibility index (Phi) is 5.55. The zero-order valence-electron chi connectivity index (χ0n) is 17.6. The highest BCUT2D eigenvalue weighted by molar-refractivity contribution is 6.34. The number of rotatable bonds is 5. The summed E-state index contributed by atoms with van der Waals surface area (Å²) in [6, 6.07) is 18.4. The first kappa shape index (κ1) is 21.0. The topological polar surface area (TPSA) is 95.6 Å². The number of aryl methyl sites for hydroxylation is 1. The van der Waals surface area contributed by atoms with Gasteiger partial charge in [-0.2, -0.15) is 0 Å². The molecule has 0 atom stereocenters. The first-order valence-corrected chi connectivity index (χ1v) is 10.2. The molecule has 1 aliphatic rings. The highest BCUT2D eigenvalue weighted by atomic mass is 16.2. The van der Waals surface area contributed by atoms with Gasteiger partial charge in [0.15, 0.2) is 0 Å². The lowest BCUT2D eigenvalue weighted by molar-refractivity contribution is -0.114. The predicted octanol–water partition coefficient (Wildman–Crippen LogP) is 4.26. The van der Waals surface area contributed by atoms with Gasteiger partial charge < -0.3 is 10.6 Å². The molecule has 3 aromatic rings. The fraction of sp³-hybridized carbons (Fsp3) is 0.120. The molecule has 0 fully saturated rings. The second kappa shape index (κ2) is 8.47. The number of nitrogens with one attached hydrogen (secondary N) is 2. The van der Waals surface area contributed by atoms with Gasteiger partial charge in [-0.3, -0.25) is 19.2 Å². The molecule has 32 heavy (non-hydrogen) atoms. The lowest BCUT2D eigenvalue weighted by Crippen LogP contribution is -2.29. The summed E-state index contributed by atoms with van der Waals surface area (Å²) >= 11 is 0. The number of carbonyl (C=O) groups excluding carboxylic acids is 4. The number of amides is 4. The molecule has 0 aromatic heterocycles. The van der Waals surface area contributed by atoms with Gasteiger partial charge in [-0.15, -0.1) is 0 Å². The molecule has 0 aliphatic carbocycles. The third-order valence-electron chi connectivity index (χ3n) is 5.19. The zero-order chi connectivity index (χ0) is 22.8. The number of imide groups is 1. The van der Waals surface area contributed by atoms with Gasteiger partial charge in [0.1, 0.15) is 0 Å². The lowest BCUT2D eigenvalue weighted by Gasteiger charge is -2.14. The van der Waals surface area contributed by atoms with Crippen molar-refractivity contribution in [1.29, 1.82) is 0 Å². The Bertz CT molecular complexity index is 1250. The summed E-state index contributed by atoms with van der Waals surface area (Å²) in [6.07, 6.45) is 0.848. The van der Waals surface area contributed by atoms with Crippen LogP contribution in [-0.2, 0) is 11.2 Å². The summed E-state index contributed by atoms with van der Waals surface area (Å²) in [4.78, 5) is 50.8.